The van der Waals surface area contributed by atoms with Gasteiger partial charge in [-0.05, 0) is 24.3 Å². The maximum Gasteiger partial charge on any atom is 0.337 e. The average Bonchev–Trinajstić information content (AvgIpc) is 2.81. The third-order valence-electron chi connectivity index (χ3n) is 2.95. The highest BCUT2D eigenvalue weighted by Gasteiger charge is 2.09. The normalized spacial score (nSPS) is 10.7. The molecule has 0 bridgehead atoms. The zero-order valence-corrected chi connectivity index (χ0v) is 9.79. The van der Waals surface area contributed by atoms with Crippen LogP contribution in [0.15, 0.2) is 42.7 Å². The monoisotopic (exact) mass is 254 g/mol. The Morgan fingerprint density at radius 3 is 2.74 bits per heavy atom. The summed E-state index contributed by atoms with van der Waals surface area (Å²) in [7, 11) is 0. The molecule has 0 amide bonds. The molecule has 0 spiro atoms. The number of H-pyrrole nitrogens is 1. The molecule has 5 heteroatoms. The smallest absolute Gasteiger partial charge is 0.337 e. The van der Waals surface area contributed by atoms with Crippen molar-refractivity contribution >= 4 is 16.9 Å². The summed E-state index contributed by atoms with van der Waals surface area (Å²) in [6.45, 7) is 0. The first kappa shape index (κ1) is 11.3. The van der Waals surface area contributed by atoms with E-state index in [1.807, 2.05) is 0 Å². The fraction of sp³-hybridized carbons (Fsp3) is 0. The Kier molecular flexibility index (Phi) is 2.45. The number of carboxylic acid groups (broad SMARTS) is 1. The highest BCUT2D eigenvalue weighted by atomic mass is 16.4. The fourth-order valence-corrected chi connectivity index (χ4v) is 2.01. The van der Waals surface area contributed by atoms with Crippen LogP contribution in [0.3, 0.4) is 0 Å². The van der Waals surface area contributed by atoms with E-state index in [4.69, 9.17) is 5.11 Å². The van der Waals surface area contributed by atoms with Crippen LogP contribution in [0.1, 0.15) is 10.4 Å². The number of nitrogens with zero attached hydrogens (tertiary/aromatic N) is 1. The van der Waals surface area contributed by atoms with Gasteiger partial charge in [0.1, 0.15) is 5.75 Å². The zero-order valence-electron chi connectivity index (χ0n) is 9.79. The molecule has 0 saturated carbocycles. The molecule has 2 aromatic heterocycles. The molecule has 0 aliphatic rings. The van der Waals surface area contributed by atoms with E-state index in [2.05, 4.69) is 9.97 Å². The second-order valence-electron chi connectivity index (χ2n) is 4.17. The number of fused-ring (bicyclic) bond motifs is 1. The number of phenols is 1. The van der Waals surface area contributed by atoms with Gasteiger partial charge in [-0.3, -0.25) is 4.98 Å². The van der Waals surface area contributed by atoms with Crippen LogP contribution >= 0.6 is 0 Å². The molecule has 0 radical (unpaired) electrons. The summed E-state index contributed by atoms with van der Waals surface area (Å²) in [4.78, 5) is 18.0. The predicted molar refractivity (Wildman–Crippen MR) is 70.2 cm³/mol. The molecule has 0 aliphatic carbocycles. The van der Waals surface area contributed by atoms with E-state index in [9.17, 15) is 9.90 Å². The number of hydrogen-bond acceptors (Lipinski definition) is 3. The van der Waals surface area contributed by atoms with Crippen LogP contribution in [-0.2, 0) is 0 Å². The maximum atomic E-state index is 10.8. The highest BCUT2D eigenvalue weighted by molar-refractivity contribution is 5.95. The number of aromatic amines is 1. The second kappa shape index (κ2) is 4.13. The molecule has 5 nitrogen and oxygen atoms in total. The average molecular weight is 254 g/mol. The summed E-state index contributed by atoms with van der Waals surface area (Å²) in [5, 5.41) is 19.2. The highest BCUT2D eigenvalue weighted by Crippen LogP contribution is 2.29. The van der Waals surface area contributed by atoms with E-state index >= 15 is 0 Å². The van der Waals surface area contributed by atoms with Gasteiger partial charge in [0.25, 0.3) is 0 Å². The molecule has 0 atom stereocenters. The molecule has 3 rings (SSSR count). The molecule has 0 fully saturated rings. The van der Waals surface area contributed by atoms with Gasteiger partial charge in [0.05, 0.1) is 11.3 Å². The van der Waals surface area contributed by atoms with Crippen LogP contribution in [-0.4, -0.2) is 26.2 Å². The molecule has 3 N–H and O–H groups in total. The minimum Gasteiger partial charge on any atom is -0.508 e. The lowest BCUT2D eigenvalue weighted by Crippen LogP contribution is -1.96. The minimum absolute atomic E-state index is 0.154. The Labute approximate surface area is 108 Å². The Morgan fingerprint density at radius 2 is 2.05 bits per heavy atom. The van der Waals surface area contributed by atoms with Crippen LogP contribution in [0.5, 0.6) is 5.75 Å². The number of aromatic carboxylic acids is 1. The van der Waals surface area contributed by atoms with Crippen molar-refractivity contribution in [3.8, 4) is 17.0 Å². The molecule has 3 aromatic rings. The number of aromatic nitrogens is 2. The van der Waals surface area contributed by atoms with E-state index in [1.54, 1.807) is 30.5 Å². The predicted octanol–water partition coefficient (Wildman–Crippen LogP) is 2.63. The van der Waals surface area contributed by atoms with Crippen LogP contribution in [0.2, 0.25) is 0 Å². The van der Waals surface area contributed by atoms with Crippen molar-refractivity contribution in [3.63, 3.8) is 0 Å². The van der Waals surface area contributed by atoms with Crippen molar-refractivity contribution in [3.05, 3.63) is 48.3 Å². The summed E-state index contributed by atoms with van der Waals surface area (Å²) >= 11 is 0. The van der Waals surface area contributed by atoms with Gasteiger partial charge in [0.15, 0.2) is 0 Å². The molecule has 94 valence electrons. The summed E-state index contributed by atoms with van der Waals surface area (Å²) in [5.74, 6) is -0.807. The minimum atomic E-state index is -0.997. The molecular weight excluding hydrogens is 244 g/mol. The van der Waals surface area contributed by atoms with Crippen molar-refractivity contribution in [2.75, 3.05) is 0 Å². The molecular formula is C14H10N2O3. The van der Waals surface area contributed by atoms with Crippen LogP contribution in [0.4, 0.5) is 0 Å². The summed E-state index contributed by atoms with van der Waals surface area (Å²) in [6, 6.07) is 8.21. The summed E-state index contributed by atoms with van der Waals surface area (Å²) in [6.07, 6.45) is 3.11. The Hall–Kier alpha value is -2.82. The summed E-state index contributed by atoms with van der Waals surface area (Å²) < 4.78 is 0. The number of benzene rings is 1. The van der Waals surface area contributed by atoms with E-state index in [0.29, 0.717) is 5.69 Å². The lowest BCUT2D eigenvalue weighted by molar-refractivity contribution is 0.0696. The third kappa shape index (κ3) is 1.91. The van der Waals surface area contributed by atoms with E-state index in [0.717, 1.165) is 16.5 Å². The molecule has 1 aromatic carbocycles. The Balaban J connectivity index is 2.11. The maximum absolute atomic E-state index is 10.8. The number of aromatic hydroxyl groups is 1. The lowest BCUT2D eigenvalue weighted by atomic mass is 10.1. The van der Waals surface area contributed by atoms with Gasteiger partial charge >= 0.3 is 5.97 Å². The largest absolute Gasteiger partial charge is 0.508 e. The quantitative estimate of drug-likeness (QED) is 0.656. The Morgan fingerprint density at radius 1 is 1.21 bits per heavy atom. The van der Waals surface area contributed by atoms with E-state index in [-0.39, 0.29) is 11.3 Å². The van der Waals surface area contributed by atoms with Gasteiger partial charge in [-0.1, -0.05) is 0 Å². The Bertz CT molecular complexity index is 760. The van der Waals surface area contributed by atoms with Gasteiger partial charge in [-0.2, -0.15) is 0 Å². The first-order chi connectivity index (χ1) is 9.15. The number of phenolic OH excluding ortho intramolecular Hbond substituents is 1. The van der Waals surface area contributed by atoms with Gasteiger partial charge < -0.3 is 15.2 Å². The topological polar surface area (TPSA) is 86.2 Å². The fourth-order valence-electron chi connectivity index (χ4n) is 2.01. The van der Waals surface area contributed by atoms with Crippen LogP contribution in [0, 0.1) is 0 Å². The second-order valence-corrected chi connectivity index (χ2v) is 4.17. The van der Waals surface area contributed by atoms with E-state index in [1.165, 1.54) is 12.3 Å². The number of carbonyl (C=O) groups is 1. The zero-order chi connectivity index (χ0) is 13.4. The van der Waals surface area contributed by atoms with Crippen molar-refractivity contribution in [1.82, 2.24) is 9.97 Å². The number of nitrogens with one attached hydrogen (secondary N) is 1. The standard InChI is InChI=1S/C14H10N2O3/c17-9-2-3-10-11(7-16-13(10)5-9)12-4-1-8(6-15-12)14(18)19/h1-7,16-17H,(H,18,19). The number of pyridine rings is 1. The SMILES string of the molecule is O=C(O)c1ccc(-c2c[nH]c3cc(O)ccc23)nc1. The number of rotatable bonds is 2. The van der Waals surface area contributed by atoms with Crippen molar-refractivity contribution in [2.45, 2.75) is 0 Å². The first-order valence-electron chi connectivity index (χ1n) is 5.65. The molecule has 0 aliphatic heterocycles. The van der Waals surface area contributed by atoms with Crippen molar-refractivity contribution < 1.29 is 15.0 Å². The molecule has 0 saturated heterocycles. The molecule has 19 heavy (non-hydrogen) atoms. The molecule has 2 heterocycles. The van der Waals surface area contributed by atoms with Gasteiger partial charge in [0, 0.05) is 34.9 Å². The number of carboxylic acids is 1. The molecule has 0 unspecified atom stereocenters. The van der Waals surface area contributed by atoms with Gasteiger partial charge in [-0.25, -0.2) is 4.79 Å². The first-order valence-corrected chi connectivity index (χ1v) is 5.65. The van der Waals surface area contributed by atoms with Gasteiger partial charge in [0.2, 0.25) is 0 Å². The third-order valence-corrected chi connectivity index (χ3v) is 2.95. The van der Waals surface area contributed by atoms with Crippen molar-refractivity contribution in [2.24, 2.45) is 0 Å². The van der Waals surface area contributed by atoms with Crippen molar-refractivity contribution in [1.29, 1.82) is 0 Å². The summed E-state index contributed by atoms with van der Waals surface area (Å²) in [5.41, 5.74) is 2.51. The number of hydrogen-bond donors (Lipinski definition) is 3. The van der Waals surface area contributed by atoms with E-state index < -0.39 is 5.97 Å². The van der Waals surface area contributed by atoms with Crippen LogP contribution < -0.4 is 0 Å². The van der Waals surface area contributed by atoms with Gasteiger partial charge in [-0.15, -0.1) is 0 Å². The van der Waals surface area contributed by atoms with Crippen LogP contribution in [0.25, 0.3) is 22.2 Å². The lowest BCUT2D eigenvalue weighted by Gasteiger charge is -2.00.